The minimum atomic E-state index is 0.613. The van der Waals surface area contributed by atoms with Crippen LogP contribution in [0.4, 0.5) is 0 Å². The maximum atomic E-state index is 10.5. The number of carbonyl (C=O) groups is 1. The first-order valence-electron chi connectivity index (χ1n) is 3.42. The van der Waals surface area contributed by atoms with E-state index in [1.54, 1.807) is 25.3 Å². The molecule has 0 saturated heterocycles. The molecule has 0 aromatic heterocycles. The highest BCUT2D eigenvalue weighted by Gasteiger charge is 1.97. The fourth-order valence-corrected chi connectivity index (χ4v) is 1.05. The molecule has 3 heteroatoms. The summed E-state index contributed by atoms with van der Waals surface area (Å²) in [6.07, 6.45) is 5.82. The van der Waals surface area contributed by atoms with Crippen LogP contribution >= 0.6 is 12.0 Å². The molecule has 2 nitrogen and oxygen atoms in total. The fourth-order valence-electron chi connectivity index (χ4n) is 0.584. The Morgan fingerprint density at radius 1 is 1.58 bits per heavy atom. The molecule has 0 fully saturated rings. The Hall–Kier alpha value is -0.800. The van der Waals surface area contributed by atoms with E-state index in [1.165, 1.54) is 12.0 Å². The summed E-state index contributed by atoms with van der Waals surface area (Å²) in [5, 5.41) is 0. The lowest BCUT2D eigenvalue weighted by atomic mass is 10.2. The summed E-state index contributed by atoms with van der Waals surface area (Å²) >= 11 is 1.18. The number of hydrogen-bond donors (Lipinski definition) is 0. The van der Waals surface area contributed by atoms with Gasteiger partial charge in [-0.25, -0.2) is 0 Å². The first kappa shape index (κ1) is 11.2. The van der Waals surface area contributed by atoms with E-state index in [9.17, 15) is 4.79 Å². The Labute approximate surface area is 77.2 Å². The van der Waals surface area contributed by atoms with Crippen LogP contribution in [0, 0.1) is 0 Å². The molecule has 0 heterocycles. The van der Waals surface area contributed by atoms with Gasteiger partial charge in [0.15, 0.2) is 6.29 Å². The summed E-state index contributed by atoms with van der Waals surface area (Å²) in [6.45, 7) is 5.33. The van der Waals surface area contributed by atoms with E-state index in [-0.39, 0.29) is 0 Å². The van der Waals surface area contributed by atoms with Gasteiger partial charge in [0.1, 0.15) is 0 Å². The van der Waals surface area contributed by atoms with Crippen LogP contribution < -0.4 is 0 Å². The second-order valence-electron chi connectivity index (χ2n) is 1.97. The highest BCUT2D eigenvalue weighted by Crippen LogP contribution is 2.18. The number of allylic oxidation sites excluding steroid dienone is 5. The van der Waals surface area contributed by atoms with Crippen molar-refractivity contribution in [3.8, 4) is 0 Å². The van der Waals surface area contributed by atoms with Gasteiger partial charge in [0, 0.05) is 22.5 Å². The maximum absolute atomic E-state index is 10.5. The summed E-state index contributed by atoms with van der Waals surface area (Å²) in [4.78, 5) is 11.4. The van der Waals surface area contributed by atoms with Crippen molar-refractivity contribution in [1.29, 1.82) is 0 Å². The zero-order valence-corrected chi connectivity index (χ0v) is 8.06. The maximum Gasteiger partial charge on any atom is 0.150 e. The molecule has 12 heavy (non-hydrogen) atoms. The Morgan fingerprint density at radius 3 is 2.67 bits per heavy atom. The van der Waals surface area contributed by atoms with Gasteiger partial charge in [-0.2, -0.15) is 0 Å². The van der Waals surface area contributed by atoms with Crippen LogP contribution in [-0.4, -0.2) is 13.4 Å². The average Bonchev–Trinajstić information content (AvgIpc) is 2.06. The van der Waals surface area contributed by atoms with E-state index in [1.807, 2.05) is 6.92 Å². The molecule has 0 atom stereocenters. The van der Waals surface area contributed by atoms with E-state index in [4.69, 9.17) is 4.18 Å². The summed E-state index contributed by atoms with van der Waals surface area (Å²) in [5.41, 5.74) is 0.613. The van der Waals surface area contributed by atoms with E-state index >= 15 is 0 Å². The van der Waals surface area contributed by atoms with Crippen LogP contribution in [0.25, 0.3) is 0 Å². The van der Waals surface area contributed by atoms with E-state index in [2.05, 4.69) is 6.58 Å². The van der Waals surface area contributed by atoms with E-state index in [0.717, 1.165) is 11.2 Å². The molecule has 0 aliphatic heterocycles. The zero-order chi connectivity index (χ0) is 9.40. The monoisotopic (exact) mass is 184 g/mol. The molecule has 0 aromatic rings. The van der Waals surface area contributed by atoms with Crippen molar-refractivity contribution < 1.29 is 8.98 Å². The molecule has 0 aliphatic carbocycles. The molecular weight excluding hydrogens is 172 g/mol. The van der Waals surface area contributed by atoms with E-state index < -0.39 is 0 Å². The van der Waals surface area contributed by atoms with Gasteiger partial charge in [-0.1, -0.05) is 24.8 Å². The summed E-state index contributed by atoms with van der Waals surface area (Å²) in [6, 6.07) is 0. The third-order valence-corrected chi connectivity index (χ3v) is 1.81. The third kappa shape index (κ3) is 4.16. The molecule has 0 spiro atoms. The molecule has 66 valence electrons. The van der Waals surface area contributed by atoms with Crippen LogP contribution in [-0.2, 0) is 8.98 Å². The molecule has 0 saturated carbocycles. The number of rotatable bonds is 5. The molecule has 0 radical (unpaired) electrons. The summed E-state index contributed by atoms with van der Waals surface area (Å²) in [5.74, 6) is 0. The van der Waals surface area contributed by atoms with Crippen molar-refractivity contribution in [1.82, 2.24) is 0 Å². The molecular formula is C9H12O2S. The van der Waals surface area contributed by atoms with Gasteiger partial charge < -0.3 is 4.18 Å². The Kier molecular flexibility index (Phi) is 6.42. The lowest BCUT2D eigenvalue weighted by Crippen LogP contribution is -1.83. The van der Waals surface area contributed by atoms with Crippen LogP contribution in [0.3, 0.4) is 0 Å². The van der Waals surface area contributed by atoms with Crippen LogP contribution in [0.15, 0.2) is 35.3 Å². The van der Waals surface area contributed by atoms with Crippen molar-refractivity contribution in [3.05, 3.63) is 35.3 Å². The minimum absolute atomic E-state index is 0.613. The Morgan fingerprint density at radius 2 is 2.25 bits per heavy atom. The Bertz CT molecular complexity index is 217. The quantitative estimate of drug-likeness (QED) is 0.284. The normalized spacial score (nSPS) is 12.8. The molecule has 0 rings (SSSR count). The molecule has 0 aromatic carbocycles. The largest absolute Gasteiger partial charge is 0.314 e. The first-order valence-corrected chi connectivity index (χ1v) is 4.16. The van der Waals surface area contributed by atoms with Crippen molar-refractivity contribution in [2.24, 2.45) is 0 Å². The summed E-state index contributed by atoms with van der Waals surface area (Å²) in [7, 11) is 1.56. The van der Waals surface area contributed by atoms with Crippen molar-refractivity contribution in [3.63, 3.8) is 0 Å². The SMILES string of the molecule is C=C/C=C\C(C=O)=C(/C)SOC. The second-order valence-corrected chi connectivity index (χ2v) is 3.09. The van der Waals surface area contributed by atoms with Gasteiger partial charge in [0.25, 0.3) is 0 Å². The minimum Gasteiger partial charge on any atom is -0.314 e. The van der Waals surface area contributed by atoms with Crippen molar-refractivity contribution in [2.75, 3.05) is 7.11 Å². The molecule has 0 N–H and O–H groups in total. The summed E-state index contributed by atoms with van der Waals surface area (Å²) < 4.78 is 4.81. The van der Waals surface area contributed by atoms with E-state index in [0.29, 0.717) is 5.57 Å². The van der Waals surface area contributed by atoms with Gasteiger partial charge in [-0.05, 0) is 6.92 Å². The highest BCUT2D eigenvalue weighted by molar-refractivity contribution is 7.98. The molecule has 0 aliphatic rings. The van der Waals surface area contributed by atoms with Gasteiger partial charge in [0.05, 0.1) is 7.11 Å². The smallest absolute Gasteiger partial charge is 0.150 e. The lowest BCUT2D eigenvalue weighted by molar-refractivity contribution is -0.104. The van der Waals surface area contributed by atoms with Gasteiger partial charge in [0.2, 0.25) is 0 Å². The number of hydrogen-bond acceptors (Lipinski definition) is 3. The van der Waals surface area contributed by atoms with Gasteiger partial charge >= 0.3 is 0 Å². The van der Waals surface area contributed by atoms with Crippen molar-refractivity contribution in [2.45, 2.75) is 6.92 Å². The van der Waals surface area contributed by atoms with Gasteiger partial charge in [-0.3, -0.25) is 4.79 Å². The predicted molar refractivity (Wildman–Crippen MR) is 52.7 cm³/mol. The Balaban J connectivity index is 4.48. The average molecular weight is 184 g/mol. The number of aldehydes is 1. The topological polar surface area (TPSA) is 26.3 Å². The molecule has 0 amide bonds. The number of carbonyl (C=O) groups excluding carboxylic acids is 1. The van der Waals surface area contributed by atoms with Crippen molar-refractivity contribution >= 4 is 18.3 Å². The highest BCUT2D eigenvalue weighted by atomic mass is 32.2. The van der Waals surface area contributed by atoms with Crippen LogP contribution in [0.1, 0.15) is 6.92 Å². The van der Waals surface area contributed by atoms with Crippen LogP contribution in [0.2, 0.25) is 0 Å². The predicted octanol–water partition coefficient (Wildman–Crippen LogP) is 2.50. The van der Waals surface area contributed by atoms with Crippen LogP contribution in [0.5, 0.6) is 0 Å². The fraction of sp³-hybridized carbons (Fsp3) is 0.222. The molecule has 0 unspecified atom stereocenters. The molecule has 0 bridgehead atoms. The first-order chi connectivity index (χ1) is 5.76. The zero-order valence-electron chi connectivity index (χ0n) is 7.24. The lowest BCUT2D eigenvalue weighted by Gasteiger charge is -1.98. The second kappa shape index (κ2) is 6.88. The standard InChI is InChI=1S/C9H12O2S/c1-4-5-6-9(7-10)8(2)12-11-3/h4-7H,1H2,2-3H3/b6-5-,9-8-. The van der Waals surface area contributed by atoms with Gasteiger partial charge in [-0.15, -0.1) is 0 Å². The third-order valence-electron chi connectivity index (χ3n) is 1.15.